The van der Waals surface area contributed by atoms with Crippen LogP contribution < -0.4 is 14.8 Å². The Bertz CT molecular complexity index is 856. The summed E-state index contributed by atoms with van der Waals surface area (Å²) in [6.07, 6.45) is 0.842. The molecule has 0 spiro atoms. The predicted molar refractivity (Wildman–Crippen MR) is 106 cm³/mol. The van der Waals surface area contributed by atoms with Gasteiger partial charge in [0.25, 0.3) is 0 Å². The van der Waals surface area contributed by atoms with Crippen LogP contribution in [0.3, 0.4) is 0 Å². The van der Waals surface area contributed by atoms with Crippen molar-refractivity contribution < 1.29 is 18.7 Å². The smallest absolute Gasteiger partial charge is 0.217 e. The molecule has 0 fully saturated rings. The second-order valence-electron chi connectivity index (χ2n) is 7.19. The van der Waals surface area contributed by atoms with Crippen molar-refractivity contribution in [2.24, 2.45) is 0 Å². The number of hydrogen-bond donors (Lipinski definition) is 1. The lowest BCUT2D eigenvalue weighted by Gasteiger charge is -2.41. The molecular formula is C22H27FN2O3. The number of carbonyl (C=O) groups excluding carboxylic acids is 1. The van der Waals surface area contributed by atoms with Crippen LogP contribution in [0.4, 0.5) is 4.39 Å². The van der Waals surface area contributed by atoms with Crippen LogP contribution >= 0.6 is 0 Å². The Morgan fingerprint density at radius 3 is 2.61 bits per heavy atom. The monoisotopic (exact) mass is 386 g/mol. The Morgan fingerprint density at radius 1 is 1.25 bits per heavy atom. The molecule has 150 valence electrons. The van der Waals surface area contributed by atoms with Crippen molar-refractivity contribution in [1.29, 1.82) is 0 Å². The first-order valence-electron chi connectivity index (χ1n) is 9.43. The molecule has 1 N–H and O–H groups in total. The van der Waals surface area contributed by atoms with E-state index in [2.05, 4.69) is 10.2 Å². The number of ether oxygens (including phenoxy) is 2. The van der Waals surface area contributed by atoms with Crippen LogP contribution in [-0.4, -0.2) is 37.6 Å². The maximum Gasteiger partial charge on any atom is 0.217 e. The van der Waals surface area contributed by atoms with Crippen LogP contribution in [0.2, 0.25) is 0 Å². The molecule has 0 bridgehead atoms. The lowest BCUT2D eigenvalue weighted by Crippen LogP contribution is -2.46. The molecule has 28 heavy (non-hydrogen) atoms. The van der Waals surface area contributed by atoms with Gasteiger partial charge >= 0.3 is 0 Å². The van der Waals surface area contributed by atoms with Crippen molar-refractivity contribution in [2.45, 2.75) is 38.9 Å². The van der Waals surface area contributed by atoms with Gasteiger partial charge in [-0.2, -0.15) is 0 Å². The Morgan fingerprint density at radius 2 is 1.96 bits per heavy atom. The molecule has 1 heterocycles. The molecule has 2 atom stereocenters. The average Bonchev–Trinajstić information content (AvgIpc) is 2.66. The number of benzene rings is 2. The topological polar surface area (TPSA) is 50.8 Å². The third-order valence-corrected chi connectivity index (χ3v) is 5.21. The van der Waals surface area contributed by atoms with Crippen LogP contribution in [0.15, 0.2) is 36.4 Å². The molecular weight excluding hydrogens is 359 g/mol. The van der Waals surface area contributed by atoms with Gasteiger partial charge in [0.1, 0.15) is 5.82 Å². The van der Waals surface area contributed by atoms with Crippen LogP contribution in [0, 0.1) is 5.82 Å². The zero-order valence-electron chi connectivity index (χ0n) is 16.8. The maximum absolute atomic E-state index is 13.7. The number of carbonyl (C=O) groups is 1. The third-order valence-electron chi connectivity index (χ3n) is 5.21. The zero-order chi connectivity index (χ0) is 20.3. The van der Waals surface area contributed by atoms with Gasteiger partial charge in [-0.1, -0.05) is 12.1 Å². The summed E-state index contributed by atoms with van der Waals surface area (Å²) in [5.41, 5.74) is 3.18. The molecule has 3 rings (SSSR count). The van der Waals surface area contributed by atoms with E-state index in [9.17, 15) is 9.18 Å². The quantitative estimate of drug-likeness (QED) is 0.826. The molecule has 1 aliphatic rings. The second-order valence-corrected chi connectivity index (χ2v) is 7.19. The number of nitrogens with zero attached hydrogens (tertiary/aromatic N) is 1. The van der Waals surface area contributed by atoms with Gasteiger partial charge in [0.05, 0.1) is 20.3 Å². The Labute approximate surface area is 165 Å². The summed E-state index contributed by atoms with van der Waals surface area (Å²) in [6.45, 7) is 4.91. The first kappa shape index (κ1) is 20.1. The highest BCUT2D eigenvalue weighted by Crippen LogP contribution is 2.40. The molecule has 1 aliphatic heterocycles. The summed E-state index contributed by atoms with van der Waals surface area (Å²) in [4.78, 5) is 14.0. The van der Waals surface area contributed by atoms with Crippen LogP contribution in [0.5, 0.6) is 11.5 Å². The lowest BCUT2D eigenvalue weighted by molar-refractivity contribution is -0.120. The number of halogens is 1. The number of methoxy groups -OCH3 is 2. The van der Waals surface area contributed by atoms with Gasteiger partial charge in [0.2, 0.25) is 5.91 Å². The number of fused-ring (bicyclic) bond motifs is 1. The van der Waals surface area contributed by atoms with E-state index in [0.29, 0.717) is 18.0 Å². The molecule has 6 heteroatoms. The average molecular weight is 386 g/mol. The van der Waals surface area contributed by atoms with Gasteiger partial charge < -0.3 is 14.8 Å². The molecule has 1 amide bonds. The normalized spacial score (nSPS) is 17.5. The molecule has 0 aromatic heterocycles. The molecule has 5 nitrogen and oxygen atoms in total. The maximum atomic E-state index is 13.7. The molecule has 2 aromatic rings. The van der Waals surface area contributed by atoms with E-state index in [4.69, 9.17) is 9.47 Å². The number of amides is 1. The number of rotatable bonds is 6. The van der Waals surface area contributed by atoms with Crippen molar-refractivity contribution in [3.05, 3.63) is 58.9 Å². The molecule has 0 radical (unpaired) electrons. The minimum Gasteiger partial charge on any atom is -0.493 e. The first-order chi connectivity index (χ1) is 13.4. The van der Waals surface area contributed by atoms with Gasteiger partial charge in [0.15, 0.2) is 11.5 Å². The van der Waals surface area contributed by atoms with Gasteiger partial charge in [-0.3, -0.25) is 9.69 Å². The van der Waals surface area contributed by atoms with Crippen molar-refractivity contribution in [2.75, 3.05) is 20.8 Å². The SMILES string of the molecule is COc1cc2c(cc1OC)[C@@H]([C@H](C)NC(C)=O)N(Cc1cccc(F)c1)CC2. The molecule has 0 aliphatic carbocycles. The van der Waals surface area contributed by atoms with Gasteiger partial charge in [-0.15, -0.1) is 0 Å². The van der Waals surface area contributed by atoms with Crippen molar-refractivity contribution in [3.63, 3.8) is 0 Å². The van der Waals surface area contributed by atoms with E-state index in [1.54, 1.807) is 26.4 Å². The van der Waals surface area contributed by atoms with Gasteiger partial charge in [-0.05, 0) is 54.3 Å². The zero-order valence-corrected chi connectivity index (χ0v) is 16.8. The molecule has 0 saturated carbocycles. The van der Waals surface area contributed by atoms with E-state index < -0.39 is 0 Å². The Hall–Kier alpha value is -2.60. The van der Waals surface area contributed by atoms with Crippen LogP contribution in [0.1, 0.15) is 36.6 Å². The van der Waals surface area contributed by atoms with E-state index in [1.165, 1.54) is 18.6 Å². The Kier molecular flexibility index (Phi) is 6.19. The van der Waals surface area contributed by atoms with Crippen LogP contribution in [-0.2, 0) is 17.8 Å². The van der Waals surface area contributed by atoms with Crippen molar-refractivity contribution in [1.82, 2.24) is 10.2 Å². The summed E-state index contributed by atoms with van der Waals surface area (Å²) in [5, 5.41) is 3.02. The molecule has 0 saturated heterocycles. The summed E-state index contributed by atoms with van der Waals surface area (Å²) in [5.74, 6) is 1.04. The molecule has 0 unspecified atom stereocenters. The standard InChI is InChI=1S/C22H27FN2O3/c1-14(24-15(2)26)22-19-12-21(28-4)20(27-3)11-17(19)8-9-25(22)13-16-6-5-7-18(23)10-16/h5-7,10-12,14,22H,8-9,13H2,1-4H3,(H,24,26)/t14-,22+/m0/s1. The van der Waals surface area contributed by atoms with Crippen molar-refractivity contribution in [3.8, 4) is 11.5 Å². The highest BCUT2D eigenvalue weighted by molar-refractivity contribution is 5.73. The highest BCUT2D eigenvalue weighted by atomic mass is 19.1. The highest BCUT2D eigenvalue weighted by Gasteiger charge is 2.33. The van der Waals surface area contributed by atoms with E-state index in [1.807, 2.05) is 25.1 Å². The third kappa shape index (κ3) is 4.28. The Balaban J connectivity index is 2.00. The molecule has 2 aromatic carbocycles. The summed E-state index contributed by atoms with van der Waals surface area (Å²) >= 11 is 0. The summed E-state index contributed by atoms with van der Waals surface area (Å²) < 4.78 is 24.6. The lowest BCUT2D eigenvalue weighted by atomic mass is 9.87. The predicted octanol–water partition coefficient (Wildman–Crippen LogP) is 3.47. The van der Waals surface area contributed by atoms with E-state index in [-0.39, 0.29) is 23.8 Å². The minimum absolute atomic E-state index is 0.0595. The summed E-state index contributed by atoms with van der Waals surface area (Å²) in [7, 11) is 3.24. The largest absolute Gasteiger partial charge is 0.493 e. The number of hydrogen-bond acceptors (Lipinski definition) is 4. The fourth-order valence-corrected chi connectivity index (χ4v) is 4.06. The van der Waals surface area contributed by atoms with E-state index in [0.717, 1.165) is 24.1 Å². The fraction of sp³-hybridized carbons (Fsp3) is 0.409. The minimum atomic E-state index is -0.243. The number of nitrogens with one attached hydrogen (secondary N) is 1. The van der Waals surface area contributed by atoms with Gasteiger partial charge in [-0.25, -0.2) is 4.39 Å². The van der Waals surface area contributed by atoms with Crippen LogP contribution in [0.25, 0.3) is 0 Å². The van der Waals surface area contributed by atoms with Crippen molar-refractivity contribution >= 4 is 5.91 Å². The van der Waals surface area contributed by atoms with Gasteiger partial charge in [0, 0.05) is 26.1 Å². The fourth-order valence-electron chi connectivity index (χ4n) is 4.06. The summed E-state index contributed by atoms with van der Waals surface area (Å²) in [6, 6.07) is 10.5. The first-order valence-corrected chi connectivity index (χ1v) is 9.43. The second kappa shape index (κ2) is 8.61. The van der Waals surface area contributed by atoms with E-state index >= 15 is 0 Å².